The van der Waals surface area contributed by atoms with Crippen molar-refractivity contribution in [3.63, 3.8) is 0 Å². The Balaban J connectivity index is 1.61. The number of fused-ring (bicyclic) bond motifs is 5. The quantitative estimate of drug-likeness (QED) is 0.324. The Morgan fingerprint density at radius 3 is 2.56 bits per heavy atom. The van der Waals surface area contributed by atoms with Gasteiger partial charge in [0.1, 0.15) is 0 Å². The number of benzene rings is 3. The fourth-order valence-electron chi connectivity index (χ4n) is 5.71. The predicted octanol–water partition coefficient (Wildman–Crippen LogP) is 8.28. The van der Waals surface area contributed by atoms with Crippen molar-refractivity contribution in [1.82, 2.24) is 0 Å². The first kappa shape index (κ1) is 16.2. The van der Waals surface area contributed by atoms with Crippen molar-refractivity contribution in [3.8, 4) is 11.1 Å². The van der Waals surface area contributed by atoms with Crippen LogP contribution in [0, 0.1) is 11.8 Å². The number of hydrogen-bond acceptors (Lipinski definition) is 1. The second-order valence-corrected chi connectivity index (χ2v) is 9.81. The summed E-state index contributed by atoms with van der Waals surface area (Å²) in [7, 11) is 0. The van der Waals surface area contributed by atoms with Crippen LogP contribution in [-0.2, 0) is 0 Å². The third kappa shape index (κ3) is 2.48. The van der Waals surface area contributed by atoms with Gasteiger partial charge in [-0.15, -0.1) is 11.3 Å². The highest BCUT2D eigenvalue weighted by Crippen LogP contribution is 2.55. The van der Waals surface area contributed by atoms with Gasteiger partial charge in [-0.3, -0.25) is 0 Å². The van der Waals surface area contributed by atoms with Crippen LogP contribution in [0.3, 0.4) is 0 Å². The fourth-order valence-corrected chi connectivity index (χ4v) is 7.00. The van der Waals surface area contributed by atoms with Crippen LogP contribution in [0.25, 0.3) is 31.3 Å². The second-order valence-electron chi connectivity index (χ2n) is 8.29. The van der Waals surface area contributed by atoms with Gasteiger partial charge in [-0.2, -0.15) is 0 Å². The third-order valence-corrected chi connectivity index (χ3v) is 8.22. The maximum absolute atomic E-state index is 6.36. The van der Waals surface area contributed by atoms with Crippen molar-refractivity contribution < 1.29 is 0 Å². The van der Waals surface area contributed by atoms with E-state index < -0.39 is 0 Å². The van der Waals surface area contributed by atoms with Crippen LogP contribution in [0.4, 0.5) is 0 Å². The minimum absolute atomic E-state index is 0.740. The molecular formula is C25H21ClS. The molecule has 3 aromatic carbocycles. The topological polar surface area (TPSA) is 0 Å². The zero-order valence-electron chi connectivity index (χ0n) is 15.1. The lowest BCUT2D eigenvalue weighted by molar-refractivity contribution is 0.420. The van der Waals surface area contributed by atoms with Crippen molar-refractivity contribution in [2.75, 3.05) is 0 Å². The lowest BCUT2D eigenvalue weighted by atomic mass is 9.80. The largest absolute Gasteiger partial charge is 0.135 e. The summed E-state index contributed by atoms with van der Waals surface area (Å²) >= 11 is 8.23. The Morgan fingerprint density at radius 2 is 1.70 bits per heavy atom. The first-order valence-electron chi connectivity index (χ1n) is 9.98. The molecule has 2 heteroatoms. The smallest absolute Gasteiger partial charge is 0.0413 e. The van der Waals surface area contributed by atoms with Crippen molar-refractivity contribution >= 4 is 43.1 Å². The van der Waals surface area contributed by atoms with Crippen LogP contribution in [0.5, 0.6) is 0 Å². The van der Waals surface area contributed by atoms with Crippen molar-refractivity contribution in [2.24, 2.45) is 11.8 Å². The first-order chi connectivity index (χ1) is 13.3. The highest BCUT2D eigenvalue weighted by atomic mass is 35.5. The number of thiophene rings is 1. The molecule has 2 fully saturated rings. The summed E-state index contributed by atoms with van der Waals surface area (Å²) in [6, 6.07) is 22.2. The third-order valence-electron chi connectivity index (χ3n) is 6.85. The van der Waals surface area contributed by atoms with E-state index in [4.69, 9.17) is 11.6 Å². The van der Waals surface area contributed by atoms with Gasteiger partial charge < -0.3 is 0 Å². The van der Waals surface area contributed by atoms with E-state index in [2.05, 4.69) is 54.6 Å². The molecule has 0 N–H and O–H groups in total. The summed E-state index contributed by atoms with van der Waals surface area (Å²) in [6.07, 6.45) is 5.70. The van der Waals surface area contributed by atoms with E-state index in [1.165, 1.54) is 57.0 Å². The van der Waals surface area contributed by atoms with Crippen molar-refractivity contribution in [1.29, 1.82) is 0 Å². The molecule has 134 valence electrons. The van der Waals surface area contributed by atoms with Crippen LogP contribution in [0.15, 0.2) is 60.7 Å². The SMILES string of the molecule is Clc1ccc2sc3cccc(-c4ccccc4C4CC5CCC4C5)c3c2c1. The number of halogens is 1. The van der Waals surface area contributed by atoms with Gasteiger partial charge in [-0.25, -0.2) is 0 Å². The lowest BCUT2D eigenvalue weighted by Crippen LogP contribution is -2.09. The lowest BCUT2D eigenvalue weighted by Gasteiger charge is -2.25. The van der Waals surface area contributed by atoms with E-state index >= 15 is 0 Å². The second kappa shape index (κ2) is 6.09. The Labute approximate surface area is 168 Å². The van der Waals surface area contributed by atoms with Crippen LogP contribution in [-0.4, -0.2) is 0 Å². The Kier molecular flexibility index (Phi) is 3.64. The molecule has 0 nitrogen and oxygen atoms in total. The van der Waals surface area contributed by atoms with Gasteiger partial charge in [0.25, 0.3) is 0 Å². The average Bonchev–Trinajstić information content (AvgIpc) is 3.41. The maximum Gasteiger partial charge on any atom is 0.0413 e. The van der Waals surface area contributed by atoms with E-state index in [1.807, 2.05) is 17.4 Å². The van der Waals surface area contributed by atoms with Gasteiger partial charge in [0, 0.05) is 25.2 Å². The average molecular weight is 389 g/mol. The molecule has 6 rings (SSSR count). The van der Waals surface area contributed by atoms with Crippen molar-refractivity contribution in [3.05, 3.63) is 71.2 Å². The zero-order chi connectivity index (χ0) is 18.0. The minimum atomic E-state index is 0.740. The molecule has 2 saturated carbocycles. The molecule has 0 radical (unpaired) electrons. The summed E-state index contributed by atoms with van der Waals surface area (Å²) in [4.78, 5) is 0. The summed E-state index contributed by atoms with van der Waals surface area (Å²) in [5.41, 5.74) is 4.37. The van der Waals surface area contributed by atoms with Gasteiger partial charge in [0.2, 0.25) is 0 Å². The van der Waals surface area contributed by atoms with Crippen LogP contribution >= 0.6 is 22.9 Å². The van der Waals surface area contributed by atoms with E-state index in [0.29, 0.717) is 0 Å². The molecule has 0 amide bonds. The summed E-state index contributed by atoms with van der Waals surface area (Å²) in [5.74, 6) is 2.59. The van der Waals surface area contributed by atoms with Gasteiger partial charge in [-0.05, 0) is 78.0 Å². The molecular weight excluding hydrogens is 368 g/mol. The minimum Gasteiger partial charge on any atom is -0.135 e. The van der Waals surface area contributed by atoms with Gasteiger partial charge in [0.15, 0.2) is 0 Å². The van der Waals surface area contributed by atoms with E-state index in [0.717, 1.165) is 22.8 Å². The molecule has 1 heterocycles. The molecule has 2 aliphatic carbocycles. The zero-order valence-corrected chi connectivity index (χ0v) is 16.7. The van der Waals surface area contributed by atoms with E-state index in [-0.39, 0.29) is 0 Å². The molecule has 0 spiro atoms. The first-order valence-corrected chi connectivity index (χ1v) is 11.2. The monoisotopic (exact) mass is 388 g/mol. The van der Waals surface area contributed by atoms with Crippen LogP contribution < -0.4 is 0 Å². The van der Waals surface area contributed by atoms with Crippen molar-refractivity contribution in [2.45, 2.75) is 31.6 Å². The summed E-state index contributed by atoms with van der Waals surface area (Å²) in [5, 5.41) is 3.48. The molecule has 27 heavy (non-hydrogen) atoms. The van der Waals surface area contributed by atoms with Crippen LogP contribution in [0.2, 0.25) is 5.02 Å². The standard InChI is InChI=1S/C25H21ClS/c26-17-10-11-23-22(14-17)25-20(6-3-7-24(25)27-23)18-4-1-2-5-19(18)21-13-15-8-9-16(21)12-15/h1-7,10-11,14-16,21H,8-9,12-13H2. The number of hydrogen-bond donors (Lipinski definition) is 0. The molecule has 2 bridgehead atoms. The predicted molar refractivity (Wildman–Crippen MR) is 118 cm³/mol. The highest BCUT2D eigenvalue weighted by Gasteiger charge is 2.40. The molecule has 1 aromatic heterocycles. The van der Waals surface area contributed by atoms with Gasteiger partial charge >= 0.3 is 0 Å². The summed E-state index contributed by atoms with van der Waals surface area (Å²) < 4.78 is 2.67. The fraction of sp³-hybridized carbons (Fsp3) is 0.280. The van der Waals surface area contributed by atoms with E-state index in [9.17, 15) is 0 Å². The highest BCUT2D eigenvalue weighted by molar-refractivity contribution is 7.26. The molecule has 0 saturated heterocycles. The Bertz CT molecular complexity index is 1170. The van der Waals surface area contributed by atoms with Gasteiger partial charge in [-0.1, -0.05) is 54.4 Å². The maximum atomic E-state index is 6.36. The Hall–Kier alpha value is -1.83. The molecule has 2 aliphatic rings. The summed E-state index contributed by atoms with van der Waals surface area (Å²) in [6.45, 7) is 0. The van der Waals surface area contributed by atoms with Crippen LogP contribution in [0.1, 0.15) is 37.2 Å². The molecule has 3 atom stereocenters. The Morgan fingerprint density at radius 1 is 0.815 bits per heavy atom. The molecule has 4 aromatic rings. The van der Waals surface area contributed by atoms with Gasteiger partial charge in [0.05, 0.1) is 0 Å². The molecule has 0 aliphatic heterocycles. The number of rotatable bonds is 2. The normalized spacial score (nSPS) is 24.3. The molecule has 3 unspecified atom stereocenters. The van der Waals surface area contributed by atoms with E-state index in [1.54, 1.807) is 5.56 Å².